The highest BCUT2D eigenvalue weighted by atomic mass is 79.9. The van der Waals surface area contributed by atoms with Crippen LogP contribution in [-0.2, 0) is 20.0 Å². The number of benzene rings is 1. The smallest absolute Gasteiger partial charge is 0.0767 e. The van der Waals surface area contributed by atoms with Crippen molar-refractivity contribution in [3.63, 3.8) is 0 Å². The minimum atomic E-state index is 0.745. The number of rotatable bonds is 5. The van der Waals surface area contributed by atoms with Crippen LogP contribution in [0.1, 0.15) is 18.3 Å². The lowest BCUT2D eigenvalue weighted by Gasteiger charge is -2.18. The molecule has 0 radical (unpaired) electrons. The molecule has 2 aromatic rings. The SMILES string of the molecule is CCc1nn(C)c(CNc2ccccc2N(C)C)c1Br. The molecule has 0 atom stereocenters. The summed E-state index contributed by atoms with van der Waals surface area (Å²) in [5, 5.41) is 8.02. The summed E-state index contributed by atoms with van der Waals surface area (Å²) in [7, 11) is 6.09. The van der Waals surface area contributed by atoms with E-state index in [2.05, 4.69) is 70.5 Å². The lowest BCUT2D eigenvalue weighted by Crippen LogP contribution is -2.13. The van der Waals surface area contributed by atoms with Gasteiger partial charge in [-0.2, -0.15) is 5.10 Å². The lowest BCUT2D eigenvalue weighted by atomic mass is 10.2. The number of anilines is 2. The van der Waals surface area contributed by atoms with Gasteiger partial charge in [-0.1, -0.05) is 19.1 Å². The maximum Gasteiger partial charge on any atom is 0.0767 e. The van der Waals surface area contributed by atoms with Gasteiger partial charge in [0.05, 0.1) is 33.8 Å². The molecule has 1 aromatic heterocycles. The van der Waals surface area contributed by atoms with Crippen LogP contribution < -0.4 is 10.2 Å². The van der Waals surface area contributed by atoms with Gasteiger partial charge in [-0.25, -0.2) is 0 Å². The number of hydrogen-bond acceptors (Lipinski definition) is 3. The van der Waals surface area contributed by atoms with Gasteiger partial charge in [-0.15, -0.1) is 0 Å². The van der Waals surface area contributed by atoms with E-state index in [1.807, 2.05) is 17.8 Å². The van der Waals surface area contributed by atoms with E-state index >= 15 is 0 Å². The van der Waals surface area contributed by atoms with E-state index in [1.165, 1.54) is 5.69 Å². The van der Waals surface area contributed by atoms with Crippen molar-refractivity contribution >= 4 is 27.3 Å². The lowest BCUT2D eigenvalue weighted by molar-refractivity contribution is 0.706. The Labute approximate surface area is 128 Å². The zero-order valence-corrected chi connectivity index (χ0v) is 14.0. The van der Waals surface area contributed by atoms with Gasteiger partial charge in [0.25, 0.3) is 0 Å². The van der Waals surface area contributed by atoms with Gasteiger partial charge in [0, 0.05) is 21.1 Å². The number of para-hydroxylation sites is 2. The summed E-state index contributed by atoms with van der Waals surface area (Å²) in [5.41, 5.74) is 4.57. The summed E-state index contributed by atoms with van der Waals surface area (Å²) in [6.45, 7) is 2.86. The van der Waals surface area contributed by atoms with Crippen molar-refractivity contribution in [2.24, 2.45) is 7.05 Å². The fraction of sp³-hybridized carbons (Fsp3) is 0.400. The molecule has 5 heteroatoms. The molecule has 0 aliphatic carbocycles. The second-order valence-corrected chi connectivity index (χ2v) is 5.74. The van der Waals surface area contributed by atoms with E-state index in [-0.39, 0.29) is 0 Å². The van der Waals surface area contributed by atoms with Crippen LogP contribution in [-0.4, -0.2) is 23.9 Å². The number of nitrogens with zero attached hydrogens (tertiary/aromatic N) is 3. The highest BCUT2D eigenvalue weighted by Gasteiger charge is 2.12. The van der Waals surface area contributed by atoms with Crippen molar-refractivity contribution in [2.75, 3.05) is 24.3 Å². The molecule has 1 aromatic carbocycles. The predicted octanol–water partition coefficient (Wildman–Crippen LogP) is 3.42. The van der Waals surface area contributed by atoms with E-state index in [4.69, 9.17) is 0 Å². The molecule has 0 unspecified atom stereocenters. The molecular formula is C15H21BrN4. The first-order valence-corrected chi connectivity index (χ1v) is 7.54. The molecule has 0 fully saturated rings. The van der Waals surface area contributed by atoms with Gasteiger partial charge in [-0.3, -0.25) is 4.68 Å². The Bertz CT molecular complexity index is 590. The van der Waals surface area contributed by atoms with Crippen molar-refractivity contribution in [1.29, 1.82) is 0 Å². The second-order valence-electron chi connectivity index (χ2n) is 4.95. The van der Waals surface area contributed by atoms with Crippen molar-refractivity contribution in [3.8, 4) is 0 Å². The van der Waals surface area contributed by atoms with Crippen molar-refractivity contribution in [3.05, 3.63) is 40.1 Å². The largest absolute Gasteiger partial charge is 0.378 e. The normalized spacial score (nSPS) is 10.7. The molecule has 0 aliphatic heterocycles. The Morgan fingerprint density at radius 3 is 2.60 bits per heavy atom. The van der Waals surface area contributed by atoms with E-state index in [0.717, 1.165) is 34.5 Å². The molecule has 0 aliphatic rings. The zero-order chi connectivity index (χ0) is 14.7. The first-order chi connectivity index (χ1) is 9.54. The predicted molar refractivity (Wildman–Crippen MR) is 88.4 cm³/mol. The average molecular weight is 337 g/mol. The van der Waals surface area contributed by atoms with Crippen molar-refractivity contribution in [1.82, 2.24) is 9.78 Å². The molecule has 20 heavy (non-hydrogen) atoms. The third-order valence-corrected chi connectivity index (χ3v) is 4.25. The van der Waals surface area contributed by atoms with Crippen LogP contribution in [0.25, 0.3) is 0 Å². The third kappa shape index (κ3) is 2.98. The van der Waals surface area contributed by atoms with E-state index < -0.39 is 0 Å². The molecule has 4 nitrogen and oxygen atoms in total. The van der Waals surface area contributed by atoms with Crippen LogP contribution in [0.3, 0.4) is 0 Å². The Balaban J connectivity index is 2.19. The van der Waals surface area contributed by atoms with Crippen LogP contribution in [0.4, 0.5) is 11.4 Å². The van der Waals surface area contributed by atoms with Crippen LogP contribution in [0.15, 0.2) is 28.7 Å². The summed E-state index contributed by atoms with van der Waals surface area (Å²) in [6.07, 6.45) is 0.933. The second kappa shape index (κ2) is 6.31. The first-order valence-electron chi connectivity index (χ1n) is 6.75. The Morgan fingerprint density at radius 2 is 2.00 bits per heavy atom. The number of halogens is 1. The molecule has 0 spiro atoms. The minimum absolute atomic E-state index is 0.745. The third-order valence-electron chi connectivity index (χ3n) is 3.34. The van der Waals surface area contributed by atoms with Gasteiger partial charge in [0.2, 0.25) is 0 Å². The summed E-state index contributed by atoms with van der Waals surface area (Å²) in [6, 6.07) is 8.30. The molecular weight excluding hydrogens is 316 g/mol. The standard InChI is InChI=1S/C15H21BrN4/c1-5-11-15(16)14(20(4)18-11)10-17-12-8-6-7-9-13(12)19(2)3/h6-9,17H,5,10H2,1-4H3. The minimum Gasteiger partial charge on any atom is -0.378 e. The highest BCUT2D eigenvalue weighted by Crippen LogP contribution is 2.26. The first kappa shape index (κ1) is 14.9. The topological polar surface area (TPSA) is 33.1 Å². The maximum atomic E-state index is 4.52. The van der Waals surface area contributed by atoms with Gasteiger partial charge >= 0.3 is 0 Å². The quantitative estimate of drug-likeness (QED) is 0.908. The van der Waals surface area contributed by atoms with Crippen LogP contribution in [0, 0.1) is 0 Å². The Hall–Kier alpha value is -1.49. The van der Waals surface area contributed by atoms with Crippen LogP contribution >= 0.6 is 15.9 Å². The van der Waals surface area contributed by atoms with Crippen molar-refractivity contribution < 1.29 is 0 Å². The maximum absolute atomic E-state index is 4.52. The fourth-order valence-electron chi connectivity index (χ4n) is 2.20. The molecule has 1 N–H and O–H groups in total. The van der Waals surface area contributed by atoms with Gasteiger partial charge < -0.3 is 10.2 Å². The average Bonchev–Trinajstić information content (AvgIpc) is 2.71. The Morgan fingerprint density at radius 1 is 1.30 bits per heavy atom. The van der Waals surface area contributed by atoms with Crippen LogP contribution in [0.5, 0.6) is 0 Å². The highest BCUT2D eigenvalue weighted by molar-refractivity contribution is 9.10. The molecule has 1 heterocycles. The van der Waals surface area contributed by atoms with E-state index in [1.54, 1.807) is 0 Å². The zero-order valence-electron chi connectivity index (χ0n) is 12.4. The number of aromatic nitrogens is 2. The van der Waals surface area contributed by atoms with Crippen molar-refractivity contribution in [2.45, 2.75) is 19.9 Å². The van der Waals surface area contributed by atoms with E-state index in [0.29, 0.717) is 0 Å². The number of nitrogens with one attached hydrogen (secondary N) is 1. The molecule has 0 bridgehead atoms. The summed E-state index contributed by atoms with van der Waals surface area (Å²) < 4.78 is 3.05. The number of hydrogen-bond donors (Lipinski definition) is 1. The summed E-state index contributed by atoms with van der Waals surface area (Å²) in [4.78, 5) is 2.11. The fourth-order valence-corrected chi connectivity index (χ4v) is 2.96. The van der Waals surface area contributed by atoms with Gasteiger partial charge in [0.1, 0.15) is 0 Å². The van der Waals surface area contributed by atoms with E-state index in [9.17, 15) is 0 Å². The van der Waals surface area contributed by atoms with Gasteiger partial charge in [-0.05, 0) is 34.5 Å². The van der Waals surface area contributed by atoms with Crippen LogP contribution in [0.2, 0.25) is 0 Å². The molecule has 2 rings (SSSR count). The molecule has 108 valence electrons. The molecule has 0 saturated heterocycles. The summed E-state index contributed by atoms with van der Waals surface area (Å²) in [5.74, 6) is 0. The molecule has 0 saturated carbocycles. The molecule has 0 amide bonds. The summed E-state index contributed by atoms with van der Waals surface area (Å²) >= 11 is 3.65. The monoisotopic (exact) mass is 336 g/mol. The Kier molecular flexibility index (Phi) is 4.70. The number of aryl methyl sites for hydroxylation is 2. The van der Waals surface area contributed by atoms with Gasteiger partial charge in [0.15, 0.2) is 0 Å².